The standard InChI is InChI=1S/C28H40N8O4/c29-19-30-9-1-10-31-21-4-6-22(7-5-21)36-18-25-26(34-28(36)38)33-23-17-20(3-8-24(23)40-25)27(37)32-11-2-12-35-13-15-39-16-14-35/h3,8,17-19,21-22,31H,1-2,4-7,9-16H2,(H2,29,30)(H,32,37)(H,33,34,38). The Hall–Kier alpha value is -3.48. The lowest BCUT2D eigenvalue weighted by molar-refractivity contribution is 0.0374. The number of aromatic nitrogens is 2. The first-order valence-electron chi connectivity index (χ1n) is 14.4. The normalized spacial score (nSPS) is 20.4. The summed E-state index contributed by atoms with van der Waals surface area (Å²) >= 11 is 0. The van der Waals surface area contributed by atoms with E-state index in [9.17, 15) is 9.59 Å². The number of hydrogen-bond donors (Lipinski definition) is 5. The predicted molar refractivity (Wildman–Crippen MR) is 153 cm³/mol. The van der Waals surface area contributed by atoms with E-state index in [1.54, 1.807) is 29.0 Å². The van der Waals surface area contributed by atoms with Gasteiger partial charge in [0.15, 0.2) is 17.3 Å². The van der Waals surface area contributed by atoms with Crippen molar-refractivity contribution < 1.29 is 14.3 Å². The van der Waals surface area contributed by atoms with Gasteiger partial charge in [0, 0.05) is 43.8 Å². The molecule has 5 N–H and O–H groups in total. The van der Waals surface area contributed by atoms with E-state index in [4.69, 9.17) is 14.9 Å². The number of anilines is 2. The number of nitrogens with zero attached hydrogens (tertiary/aromatic N) is 3. The Morgan fingerprint density at radius 1 is 1.10 bits per heavy atom. The van der Waals surface area contributed by atoms with Gasteiger partial charge in [0.25, 0.3) is 5.91 Å². The Labute approximate surface area is 234 Å². The zero-order chi connectivity index (χ0) is 27.7. The molecule has 2 aromatic rings. The zero-order valence-corrected chi connectivity index (χ0v) is 22.9. The summed E-state index contributed by atoms with van der Waals surface area (Å²) in [6.07, 6.45) is 8.60. The molecule has 12 heteroatoms. The monoisotopic (exact) mass is 552 g/mol. The van der Waals surface area contributed by atoms with Crippen LogP contribution in [0.4, 0.5) is 11.5 Å². The molecule has 1 saturated carbocycles. The summed E-state index contributed by atoms with van der Waals surface area (Å²) in [6.45, 7) is 6.67. The zero-order valence-electron chi connectivity index (χ0n) is 22.9. The molecule has 0 atom stereocenters. The first-order valence-corrected chi connectivity index (χ1v) is 14.4. The molecular weight excluding hydrogens is 512 g/mol. The van der Waals surface area contributed by atoms with Crippen LogP contribution in [0.1, 0.15) is 54.9 Å². The Kier molecular flexibility index (Phi) is 9.63. The highest BCUT2D eigenvalue weighted by Gasteiger charge is 2.26. The molecule has 0 unspecified atom stereocenters. The summed E-state index contributed by atoms with van der Waals surface area (Å²) in [7, 11) is 0. The third-order valence-corrected chi connectivity index (χ3v) is 7.80. The molecule has 0 spiro atoms. The molecule has 0 bridgehead atoms. The van der Waals surface area contributed by atoms with Crippen LogP contribution in [0, 0.1) is 5.41 Å². The van der Waals surface area contributed by atoms with E-state index in [2.05, 4.69) is 31.2 Å². The number of rotatable bonds is 12. The van der Waals surface area contributed by atoms with Crippen LogP contribution in [0.25, 0.3) is 0 Å². The Bertz CT molecular complexity index is 1220. The minimum atomic E-state index is -0.304. The van der Waals surface area contributed by atoms with E-state index in [1.807, 2.05) is 0 Å². The van der Waals surface area contributed by atoms with Gasteiger partial charge in [0.2, 0.25) is 0 Å². The SMILES string of the molecule is N=CNCCCNC1CCC(n2cc3c(nc2=O)Nc2cc(C(=O)NCCCN4CCOCC4)ccc2O3)CC1. The average Bonchev–Trinajstić information content (AvgIpc) is 2.98. The molecule has 1 saturated heterocycles. The smallest absolute Gasteiger partial charge is 0.350 e. The van der Waals surface area contributed by atoms with Crippen molar-refractivity contribution in [2.75, 3.05) is 57.8 Å². The van der Waals surface area contributed by atoms with Crippen molar-refractivity contribution in [2.24, 2.45) is 0 Å². The number of morpholine rings is 1. The van der Waals surface area contributed by atoms with Crippen molar-refractivity contribution in [1.82, 2.24) is 30.4 Å². The van der Waals surface area contributed by atoms with E-state index < -0.39 is 0 Å². The molecule has 12 nitrogen and oxygen atoms in total. The number of nitrogens with one attached hydrogen (secondary N) is 5. The minimum absolute atomic E-state index is 0.0854. The van der Waals surface area contributed by atoms with Crippen LogP contribution in [-0.4, -0.2) is 85.2 Å². The number of ether oxygens (including phenoxy) is 2. The van der Waals surface area contributed by atoms with Gasteiger partial charge in [-0.1, -0.05) is 0 Å². The van der Waals surface area contributed by atoms with Crippen molar-refractivity contribution in [3.8, 4) is 11.5 Å². The van der Waals surface area contributed by atoms with Crippen molar-refractivity contribution in [3.63, 3.8) is 0 Å². The summed E-state index contributed by atoms with van der Waals surface area (Å²) in [5.41, 5.74) is 0.830. The molecular formula is C28H40N8O4. The maximum absolute atomic E-state index is 12.9. The van der Waals surface area contributed by atoms with Gasteiger partial charge in [-0.3, -0.25) is 19.7 Å². The summed E-state index contributed by atoms with van der Waals surface area (Å²) in [5, 5.41) is 19.7. The van der Waals surface area contributed by atoms with Gasteiger partial charge in [-0.15, -0.1) is 0 Å². The quantitative estimate of drug-likeness (QED) is 0.130. The van der Waals surface area contributed by atoms with Crippen LogP contribution >= 0.6 is 0 Å². The fourth-order valence-corrected chi connectivity index (χ4v) is 5.54. The molecule has 2 fully saturated rings. The maximum atomic E-state index is 12.9. The van der Waals surface area contributed by atoms with Gasteiger partial charge in [-0.25, -0.2) is 4.79 Å². The number of carbonyl (C=O) groups is 1. The van der Waals surface area contributed by atoms with Crippen molar-refractivity contribution in [1.29, 1.82) is 5.41 Å². The van der Waals surface area contributed by atoms with Crippen molar-refractivity contribution in [2.45, 2.75) is 50.6 Å². The molecule has 3 heterocycles. The van der Waals surface area contributed by atoms with Crippen LogP contribution in [-0.2, 0) is 4.74 Å². The maximum Gasteiger partial charge on any atom is 0.350 e. The highest BCUT2D eigenvalue weighted by molar-refractivity contribution is 5.96. The van der Waals surface area contributed by atoms with Crippen LogP contribution < -0.4 is 31.7 Å². The molecule has 1 aliphatic carbocycles. The topological polar surface area (TPSA) is 146 Å². The van der Waals surface area contributed by atoms with Crippen LogP contribution in [0.2, 0.25) is 0 Å². The predicted octanol–water partition coefficient (Wildman–Crippen LogP) is 2.20. The van der Waals surface area contributed by atoms with Gasteiger partial charge in [-0.05, 0) is 69.8 Å². The number of benzene rings is 1. The lowest BCUT2D eigenvalue weighted by atomic mass is 9.91. The highest BCUT2D eigenvalue weighted by atomic mass is 16.5. The Morgan fingerprint density at radius 3 is 2.73 bits per heavy atom. The first-order chi connectivity index (χ1) is 19.6. The summed E-state index contributed by atoms with van der Waals surface area (Å²) < 4.78 is 13.2. The third-order valence-electron chi connectivity index (χ3n) is 7.80. The Balaban J connectivity index is 1.13. The second-order valence-electron chi connectivity index (χ2n) is 10.6. The second-order valence-corrected chi connectivity index (χ2v) is 10.6. The minimum Gasteiger partial charge on any atom is -0.450 e. The number of carbonyl (C=O) groups excluding carboxylic acids is 1. The van der Waals surface area contributed by atoms with Gasteiger partial charge in [0.05, 0.1) is 31.4 Å². The van der Waals surface area contributed by atoms with Crippen molar-refractivity contribution in [3.05, 3.63) is 40.4 Å². The lowest BCUT2D eigenvalue weighted by Gasteiger charge is -2.31. The second kappa shape index (κ2) is 13.7. The first kappa shape index (κ1) is 28.1. The molecule has 3 aliphatic rings. The molecule has 1 aromatic heterocycles. The van der Waals surface area contributed by atoms with Gasteiger partial charge in [-0.2, -0.15) is 4.98 Å². The highest BCUT2D eigenvalue weighted by Crippen LogP contribution is 2.41. The fraction of sp³-hybridized carbons (Fsp3) is 0.571. The summed E-state index contributed by atoms with van der Waals surface area (Å²) in [5.74, 6) is 1.32. The number of hydrogen-bond acceptors (Lipinski definition) is 9. The van der Waals surface area contributed by atoms with Crippen LogP contribution in [0.3, 0.4) is 0 Å². The molecule has 0 radical (unpaired) electrons. The fourth-order valence-electron chi connectivity index (χ4n) is 5.54. The van der Waals surface area contributed by atoms with Crippen LogP contribution in [0.15, 0.2) is 29.2 Å². The van der Waals surface area contributed by atoms with Gasteiger partial charge < -0.3 is 30.7 Å². The molecule has 40 heavy (non-hydrogen) atoms. The van der Waals surface area contributed by atoms with Gasteiger partial charge in [0.1, 0.15) is 0 Å². The van der Waals surface area contributed by atoms with Crippen LogP contribution in [0.5, 0.6) is 11.5 Å². The largest absolute Gasteiger partial charge is 0.450 e. The average molecular weight is 553 g/mol. The Morgan fingerprint density at radius 2 is 1.93 bits per heavy atom. The summed E-state index contributed by atoms with van der Waals surface area (Å²) in [4.78, 5) is 32.3. The molecule has 1 amide bonds. The van der Waals surface area contributed by atoms with E-state index in [-0.39, 0.29) is 17.6 Å². The molecule has 1 aromatic carbocycles. The molecule has 2 aliphatic heterocycles. The van der Waals surface area contributed by atoms with Gasteiger partial charge >= 0.3 is 5.69 Å². The number of fused-ring (bicyclic) bond motifs is 2. The lowest BCUT2D eigenvalue weighted by Crippen LogP contribution is -2.38. The number of amides is 1. The third kappa shape index (κ3) is 7.18. The molecule has 216 valence electrons. The van der Waals surface area contributed by atoms with E-state index >= 15 is 0 Å². The molecule has 5 rings (SSSR count). The van der Waals surface area contributed by atoms with E-state index in [0.717, 1.165) is 84.5 Å². The van der Waals surface area contributed by atoms with Crippen molar-refractivity contribution >= 4 is 23.8 Å². The van der Waals surface area contributed by atoms with E-state index in [0.29, 0.717) is 41.2 Å². The summed E-state index contributed by atoms with van der Waals surface area (Å²) in [6, 6.07) is 5.79. The van der Waals surface area contributed by atoms with E-state index in [1.165, 1.54) is 6.34 Å².